The molecule has 3 heteroatoms. The van der Waals surface area contributed by atoms with Gasteiger partial charge in [-0.15, -0.1) is 0 Å². The number of fused-ring (bicyclic) bond motifs is 1. The van der Waals surface area contributed by atoms with Gasteiger partial charge in [0.2, 0.25) is 0 Å². The van der Waals surface area contributed by atoms with Gasteiger partial charge in [-0.3, -0.25) is 5.01 Å². The highest BCUT2D eigenvalue weighted by Gasteiger charge is 2.33. The second kappa shape index (κ2) is 2.48. The average molecular weight is 153 g/mol. The van der Waals surface area contributed by atoms with Crippen LogP contribution in [0.25, 0.3) is 0 Å². The van der Waals surface area contributed by atoms with E-state index >= 15 is 0 Å². The summed E-state index contributed by atoms with van der Waals surface area (Å²) in [7, 11) is 2.05. The molecule has 1 heterocycles. The molecule has 0 radical (unpaired) electrons. The van der Waals surface area contributed by atoms with Crippen molar-refractivity contribution in [2.75, 3.05) is 7.05 Å². The predicted octanol–water partition coefficient (Wildman–Crippen LogP) is 0.414. The van der Waals surface area contributed by atoms with E-state index < -0.39 is 0 Å². The molecule has 0 spiro atoms. The second-order valence-electron chi connectivity index (χ2n) is 3.64. The Hall–Kier alpha value is -0.570. The molecule has 1 saturated carbocycles. The molecule has 3 unspecified atom stereocenters. The van der Waals surface area contributed by atoms with Gasteiger partial charge in [0.05, 0.1) is 6.04 Å². The van der Waals surface area contributed by atoms with Crippen LogP contribution < -0.4 is 5.73 Å². The summed E-state index contributed by atoms with van der Waals surface area (Å²) < 4.78 is 0. The van der Waals surface area contributed by atoms with Crippen LogP contribution in [0.5, 0.6) is 0 Å². The quantitative estimate of drug-likeness (QED) is 0.548. The number of hydrogen-bond acceptors (Lipinski definition) is 3. The maximum absolute atomic E-state index is 5.86. The van der Waals surface area contributed by atoms with Crippen molar-refractivity contribution in [2.24, 2.45) is 16.8 Å². The first kappa shape index (κ1) is 7.10. The Bertz CT molecular complexity index is 178. The van der Waals surface area contributed by atoms with Crippen molar-refractivity contribution in [2.45, 2.75) is 31.3 Å². The molecule has 0 amide bonds. The molecular weight excluding hydrogens is 138 g/mol. The molecule has 3 nitrogen and oxygen atoms in total. The Morgan fingerprint density at radius 2 is 2.36 bits per heavy atom. The summed E-state index contributed by atoms with van der Waals surface area (Å²) in [5, 5.41) is 6.35. The van der Waals surface area contributed by atoms with Crippen LogP contribution in [0, 0.1) is 5.92 Å². The molecule has 1 fully saturated rings. The van der Waals surface area contributed by atoms with E-state index in [2.05, 4.69) is 23.4 Å². The molecule has 1 aliphatic carbocycles. The van der Waals surface area contributed by atoms with Crippen LogP contribution in [0.15, 0.2) is 5.10 Å². The standard InChI is InChI=1S/C8H15N3/c1-11-8-3-2-7(9)4-6(8)5-10-11/h5-8H,2-4,9H2,1H3. The number of rotatable bonds is 0. The molecule has 2 N–H and O–H groups in total. The third-order valence-electron chi connectivity index (χ3n) is 2.82. The maximum atomic E-state index is 5.86. The van der Waals surface area contributed by atoms with E-state index in [9.17, 15) is 0 Å². The van der Waals surface area contributed by atoms with E-state index in [0.29, 0.717) is 18.0 Å². The van der Waals surface area contributed by atoms with Crippen LogP contribution in [-0.4, -0.2) is 30.4 Å². The Morgan fingerprint density at radius 3 is 3.18 bits per heavy atom. The first-order valence-corrected chi connectivity index (χ1v) is 4.30. The molecule has 0 saturated heterocycles. The van der Waals surface area contributed by atoms with Crippen molar-refractivity contribution in [3.8, 4) is 0 Å². The van der Waals surface area contributed by atoms with Gasteiger partial charge >= 0.3 is 0 Å². The minimum atomic E-state index is 0.411. The lowest BCUT2D eigenvalue weighted by Crippen LogP contribution is -2.39. The molecular formula is C8H15N3. The van der Waals surface area contributed by atoms with Crippen molar-refractivity contribution in [1.82, 2.24) is 5.01 Å². The molecule has 2 rings (SSSR count). The van der Waals surface area contributed by atoms with Crippen molar-refractivity contribution in [1.29, 1.82) is 0 Å². The van der Waals surface area contributed by atoms with Crippen LogP contribution in [0.4, 0.5) is 0 Å². The fraction of sp³-hybridized carbons (Fsp3) is 0.875. The molecule has 2 aliphatic rings. The van der Waals surface area contributed by atoms with Crippen molar-refractivity contribution in [3.63, 3.8) is 0 Å². The van der Waals surface area contributed by atoms with Gasteiger partial charge in [-0.2, -0.15) is 5.10 Å². The molecule has 62 valence electrons. The van der Waals surface area contributed by atoms with Gasteiger partial charge in [-0.1, -0.05) is 0 Å². The summed E-state index contributed by atoms with van der Waals surface area (Å²) in [6, 6.07) is 1.06. The molecule has 0 aromatic heterocycles. The highest BCUT2D eigenvalue weighted by Crippen LogP contribution is 2.29. The Balaban J connectivity index is 2.05. The van der Waals surface area contributed by atoms with E-state index in [4.69, 9.17) is 5.73 Å². The Morgan fingerprint density at radius 1 is 1.55 bits per heavy atom. The zero-order valence-electron chi connectivity index (χ0n) is 6.90. The lowest BCUT2D eigenvalue weighted by molar-refractivity contribution is 0.188. The second-order valence-corrected chi connectivity index (χ2v) is 3.64. The van der Waals surface area contributed by atoms with Gasteiger partial charge in [0.25, 0.3) is 0 Å². The largest absolute Gasteiger partial charge is 0.328 e. The summed E-state index contributed by atoms with van der Waals surface area (Å²) >= 11 is 0. The van der Waals surface area contributed by atoms with Gasteiger partial charge in [-0.05, 0) is 19.3 Å². The summed E-state index contributed by atoms with van der Waals surface area (Å²) in [5.74, 6) is 0.628. The number of hydrazone groups is 1. The van der Waals surface area contributed by atoms with Gasteiger partial charge < -0.3 is 5.73 Å². The minimum absolute atomic E-state index is 0.411. The van der Waals surface area contributed by atoms with Crippen LogP contribution in [-0.2, 0) is 0 Å². The summed E-state index contributed by atoms with van der Waals surface area (Å²) in [6.45, 7) is 0. The highest BCUT2D eigenvalue weighted by atomic mass is 15.5. The third kappa shape index (κ3) is 1.13. The fourth-order valence-corrected chi connectivity index (χ4v) is 2.12. The average Bonchev–Trinajstić information content (AvgIpc) is 2.32. The van der Waals surface area contributed by atoms with E-state index in [1.54, 1.807) is 0 Å². The van der Waals surface area contributed by atoms with Crippen LogP contribution >= 0.6 is 0 Å². The van der Waals surface area contributed by atoms with Gasteiger partial charge in [-0.25, -0.2) is 0 Å². The van der Waals surface area contributed by atoms with Crippen LogP contribution in [0.3, 0.4) is 0 Å². The van der Waals surface area contributed by atoms with Crippen LogP contribution in [0.2, 0.25) is 0 Å². The Kier molecular flexibility index (Phi) is 1.60. The SMILES string of the molecule is CN1N=CC2CC(N)CCC21. The van der Waals surface area contributed by atoms with E-state index in [1.807, 2.05) is 0 Å². The monoisotopic (exact) mass is 153 g/mol. The fourth-order valence-electron chi connectivity index (χ4n) is 2.12. The number of hydrogen-bond donors (Lipinski definition) is 1. The van der Waals surface area contributed by atoms with E-state index in [1.165, 1.54) is 6.42 Å². The summed E-state index contributed by atoms with van der Waals surface area (Å²) in [5.41, 5.74) is 5.86. The third-order valence-corrected chi connectivity index (χ3v) is 2.82. The predicted molar refractivity (Wildman–Crippen MR) is 45.4 cm³/mol. The van der Waals surface area contributed by atoms with Gasteiger partial charge in [0.15, 0.2) is 0 Å². The molecule has 11 heavy (non-hydrogen) atoms. The molecule has 3 atom stereocenters. The lowest BCUT2D eigenvalue weighted by Gasteiger charge is -2.31. The molecule has 0 aromatic carbocycles. The van der Waals surface area contributed by atoms with Gasteiger partial charge in [0, 0.05) is 25.2 Å². The van der Waals surface area contributed by atoms with E-state index in [0.717, 1.165) is 12.8 Å². The van der Waals surface area contributed by atoms with Crippen molar-refractivity contribution in [3.05, 3.63) is 0 Å². The van der Waals surface area contributed by atoms with Crippen LogP contribution in [0.1, 0.15) is 19.3 Å². The topological polar surface area (TPSA) is 41.6 Å². The first-order valence-electron chi connectivity index (χ1n) is 4.30. The van der Waals surface area contributed by atoms with Crippen molar-refractivity contribution >= 4 is 6.21 Å². The normalized spacial score (nSPS) is 42.7. The molecule has 0 aromatic rings. The lowest BCUT2D eigenvalue weighted by atomic mass is 9.83. The minimum Gasteiger partial charge on any atom is -0.328 e. The zero-order chi connectivity index (χ0) is 7.84. The molecule has 0 bridgehead atoms. The smallest absolute Gasteiger partial charge is 0.0546 e. The first-order chi connectivity index (χ1) is 5.27. The highest BCUT2D eigenvalue weighted by molar-refractivity contribution is 5.63. The number of nitrogens with zero attached hydrogens (tertiary/aromatic N) is 2. The number of nitrogens with two attached hydrogens (primary N) is 1. The Labute approximate surface area is 67.2 Å². The zero-order valence-corrected chi connectivity index (χ0v) is 6.90. The summed E-state index contributed by atoms with van der Waals surface area (Å²) in [4.78, 5) is 0. The maximum Gasteiger partial charge on any atom is 0.0546 e. The summed E-state index contributed by atoms with van der Waals surface area (Å²) in [6.07, 6.45) is 5.55. The van der Waals surface area contributed by atoms with Gasteiger partial charge in [0.1, 0.15) is 0 Å². The molecule has 1 aliphatic heterocycles. The van der Waals surface area contributed by atoms with Crippen molar-refractivity contribution < 1.29 is 0 Å². The van der Waals surface area contributed by atoms with E-state index in [-0.39, 0.29) is 0 Å².